The van der Waals surface area contributed by atoms with Crippen molar-refractivity contribution in [3.05, 3.63) is 0 Å². The van der Waals surface area contributed by atoms with E-state index in [4.69, 9.17) is 0 Å². The molecule has 0 spiro atoms. The molecule has 0 heterocycles. The molecule has 0 saturated heterocycles. The van der Waals surface area contributed by atoms with Crippen LogP contribution >= 0.6 is 15.9 Å². The van der Waals surface area contributed by atoms with Crippen molar-refractivity contribution in [2.24, 2.45) is 0 Å². The maximum absolute atomic E-state index is 12.8. The Morgan fingerprint density at radius 2 is 2.14 bits per heavy atom. The molecule has 0 bridgehead atoms. The van der Waals surface area contributed by atoms with Gasteiger partial charge in [0.05, 0.1) is 4.32 Å². The van der Waals surface area contributed by atoms with Crippen LogP contribution in [0.25, 0.3) is 0 Å². The molecule has 1 atom stereocenters. The van der Waals surface area contributed by atoms with Gasteiger partial charge in [-0.3, -0.25) is 4.79 Å². The Labute approximate surface area is 90.6 Å². The van der Waals surface area contributed by atoms with E-state index in [1.165, 1.54) is 0 Å². The van der Waals surface area contributed by atoms with Gasteiger partial charge in [-0.2, -0.15) is 0 Å². The van der Waals surface area contributed by atoms with Crippen molar-refractivity contribution in [3.8, 4) is 0 Å². The highest BCUT2D eigenvalue weighted by Crippen LogP contribution is 2.35. The first-order chi connectivity index (χ1) is 6.21. The lowest BCUT2D eigenvalue weighted by atomic mass is 10.1. The fourth-order valence-corrected chi connectivity index (χ4v) is 1.54. The SMILES string of the molecule is CC(C)(Br)C(=O)NC1CCC(F)(F)C1. The van der Waals surface area contributed by atoms with Crippen molar-refractivity contribution in [1.82, 2.24) is 5.32 Å². The number of carbonyl (C=O) groups is 1. The highest BCUT2D eigenvalue weighted by atomic mass is 79.9. The van der Waals surface area contributed by atoms with Crippen molar-refractivity contribution in [2.45, 2.75) is 49.4 Å². The summed E-state index contributed by atoms with van der Waals surface area (Å²) in [6.45, 7) is 3.38. The first-order valence-electron chi connectivity index (χ1n) is 4.58. The maximum Gasteiger partial charge on any atom is 0.250 e. The van der Waals surface area contributed by atoms with E-state index >= 15 is 0 Å². The number of amides is 1. The Hall–Kier alpha value is -0.190. The Bertz CT molecular complexity index is 237. The zero-order valence-corrected chi connectivity index (χ0v) is 9.83. The third kappa shape index (κ3) is 3.19. The lowest BCUT2D eigenvalue weighted by Gasteiger charge is -2.19. The van der Waals surface area contributed by atoms with Crippen LogP contribution in [0.5, 0.6) is 0 Å². The van der Waals surface area contributed by atoms with Gasteiger partial charge in [0.25, 0.3) is 0 Å². The summed E-state index contributed by atoms with van der Waals surface area (Å²) in [7, 11) is 0. The summed E-state index contributed by atoms with van der Waals surface area (Å²) < 4.78 is 24.9. The first-order valence-corrected chi connectivity index (χ1v) is 5.38. The Balaban J connectivity index is 2.44. The summed E-state index contributed by atoms with van der Waals surface area (Å²) >= 11 is 3.18. The fraction of sp³-hybridized carbons (Fsp3) is 0.889. The van der Waals surface area contributed by atoms with Gasteiger partial charge in [-0.05, 0) is 20.3 Å². The molecule has 1 rings (SSSR count). The average Bonchev–Trinajstić information content (AvgIpc) is 2.28. The van der Waals surface area contributed by atoms with Gasteiger partial charge >= 0.3 is 0 Å². The van der Waals surface area contributed by atoms with Crippen molar-refractivity contribution in [1.29, 1.82) is 0 Å². The summed E-state index contributed by atoms with van der Waals surface area (Å²) in [5.41, 5.74) is 0. The van der Waals surface area contributed by atoms with Crippen LogP contribution in [0.3, 0.4) is 0 Å². The van der Waals surface area contributed by atoms with E-state index in [0.29, 0.717) is 6.42 Å². The number of halogens is 3. The monoisotopic (exact) mass is 269 g/mol. The normalized spacial score (nSPS) is 26.2. The summed E-state index contributed by atoms with van der Waals surface area (Å²) in [6.07, 6.45) is 0.00427. The Morgan fingerprint density at radius 3 is 2.50 bits per heavy atom. The number of hydrogen-bond donors (Lipinski definition) is 1. The van der Waals surface area contributed by atoms with E-state index in [1.54, 1.807) is 13.8 Å². The van der Waals surface area contributed by atoms with E-state index in [2.05, 4.69) is 21.2 Å². The molecule has 14 heavy (non-hydrogen) atoms. The molecular weight excluding hydrogens is 256 g/mol. The zero-order valence-electron chi connectivity index (χ0n) is 8.24. The van der Waals surface area contributed by atoms with Crippen LogP contribution in [0.15, 0.2) is 0 Å². The van der Waals surface area contributed by atoms with Crippen LogP contribution in [0.1, 0.15) is 33.1 Å². The molecule has 0 aromatic carbocycles. The second-order valence-electron chi connectivity index (χ2n) is 4.24. The number of rotatable bonds is 2. The van der Waals surface area contributed by atoms with Crippen LogP contribution in [0.4, 0.5) is 8.78 Å². The van der Waals surface area contributed by atoms with Crippen molar-refractivity contribution < 1.29 is 13.6 Å². The number of nitrogens with one attached hydrogen (secondary N) is 1. The van der Waals surface area contributed by atoms with Crippen LogP contribution in [-0.4, -0.2) is 22.2 Å². The van der Waals surface area contributed by atoms with Crippen molar-refractivity contribution in [3.63, 3.8) is 0 Å². The molecule has 1 amide bonds. The molecule has 82 valence electrons. The fourth-order valence-electron chi connectivity index (χ4n) is 1.43. The smallest absolute Gasteiger partial charge is 0.250 e. The van der Waals surface area contributed by atoms with E-state index in [0.717, 1.165) is 0 Å². The lowest BCUT2D eigenvalue weighted by molar-refractivity contribution is -0.123. The molecule has 0 aliphatic heterocycles. The van der Waals surface area contributed by atoms with Gasteiger partial charge in [0.2, 0.25) is 11.8 Å². The van der Waals surface area contributed by atoms with E-state index < -0.39 is 10.2 Å². The zero-order chi connectivity index (χ0) is 11.0. The highest BCUT2D eigenvalue weighted by molar-refractivity contribution is 9.10. The van der Waals surface area contributed by atoms with Gasteiger partial charge < -0.3 is 5.32 Å². The summed E-state index contributed by atoms with van der Waals surface area (Å²) in [5, 5.41) is 2.61. The topological polar surface area (TPSA) is 29.1 Å². The molecule has 0 aromatic rings. The van der Waals surface area contributed by atoms with Gasteiger partial charge in [-0.15, -0.1) is 0 Å². The molecule has 1 saturated carbocycles. The minimum atomic E-state index is -2.60. The van der Waals surface area contributed by atoms with Crippen LogP contribution in [-0.2, 0) is 4.79 Å². The number of hydrogen-bond acceptors (Lipinski definition) is 1. The number of alkyl halides is 3. The summed E-state index contributed by atoms with van der Waals surface area (Å²) in [6, 6.07) is -0.380. The maximum atomic E-state index is 12.8. The highest BCUT2D eigenvalue weighted by Gasteiger charge is 2.41. The van der Waals surface area contributed by atoms with Gasteiger partial charge in [-0.1, -0.05) is 15.9 Å². The molecule has 5 heteroatoms. The third-order valence-electron chi connectivity index (χ3n) is 2.28. The second kappa shape index (κ2) is 3.76. The van der Waals surface area contributed by atoms with E-state index in [9.17, 15) is 13.6 Å². The molecular formula is C9H14BrF2NO. The van der Waals surface area contributed by atoms with Gasteiger partial charge in [0.15, 0.2) is 0 Å². The minimum Gasteiger partial charge on any atom is -0.352 e. The predicted molar refractivity (Wildman–Crippen MR) is 53.7 cm³/mol. The average molecular weight is 270 g/mol. The quantitative estimate of drug-likeness (QED) is 0.767. The molecule has 1 fully saturated rings. The van der Waals surface area contributed by atoms with E-state index in [-0.39, 0.29) is 24.8 Å². The molecule has 1 aliphatic carbocycles. The largest absolute Gasteiger partial charge is 0.352 e. The Morgan fingerprint density at radius 1 is 1.57 bits per heavy atom. The van der Waals surface area contributed by atoms with Crippen molar-refractivity contribution in [2.75, 3.05) is 0 Å². The molecule has 2 nitrogen and oxygen atoms in total. The second-order valence-corrected chi connectivity index (χ2v) is 6.22. The molecule has 0 radical (unpaired) electrons. The van der Waals surface area contributed by atoms with Gasteiger partial charge in [0, 0.05) is 18.9 Å². The minimum absolute atomic E-state index is 0.124. The van der Waals surface area contributed by atoms with Crippen molar-refractivity contribution >= 4 is 21.8 Å². The first kappa shape index (κ1) is 11.9. The van der Waals surface area contributed by atoms with Gasteiger partial charge in [-0.25, -0.2) is 8.78 Å². The summed E-state index contributed by atoms with van der Waals surface area (Å²) in [4.78, 5) is 11.4. The molecule has 0 aromatic heterocycles. The summed E-state index contributed by atoms with van der Waals surface area (Å²) in [5.74, 6) is -2.84. The molecule has 1 unspecified atom stereocenters. The predicted octanol–water partition coefficient (Wildman–Crippen LogP) is 2.46. The van der Waals surface area contributed by atoms with Crippen LogP contribution in [0, 0.1) is 0 Å². The van der Waals surface area contributed by atoms with Crippen LogP contribution < -0.4 is 5.32 Å². The van der Waals surface area contributed by atoms with E-state index in [1.807, 2.05) is 0 Å². The number of carbonyl (C=O) groups excluding carboxylic acids is 1. The Kier molecular flexibility index (Phi) is 3.19. The standard InChI is InChI=1S/C9H14BrF2NO/c1-8(2,10)7(14)13-6-3-4-9(11,12)5-6/h6H,3-5H2,1-2H3,(H,13,14). The molecule has 1 N–H and O–H groups in total. The molecule has 1 aliphatic rings. The van der Waals surface area contributed by atoms with Gasteiger partial charge in [0.1, 0.15) is 0 Å². The van der Waals surface area contributed by atoms with Crippen LogP contribution in [0.2, 0.25) is 0 Å². The lowest BCUT2D eigenvalue weighted by Crippen LogP contribution is -2.43. The third-order valence-corrected chi connectivity index (χ3v) is 2.64.